The first-order valence-corrected chi connectivity index (χ1v) is 22.6. The molecule has 0 saturated heterocycles. The van der Waals surface area contributed by atoms with E-state index < -0.39 is 40.1 Å². The van der Waals surface area contributed by atoms with E-state index in [4.69, 9.17) is 59.0 Å². The van der Waals surface area contributed by atoms with Crippen LogP contribution in [0.3, 0.4) is 0 Å². The molecule has 12 nitrogen and oxygen atoms in total. The SMILES string of the molecule is COC(=O)[C@H](Cc1ccc(-c2ccc(C#N)cc2)cc1)NC(=O)[C@@H]1Cc2cc3c(cc2CN1S(=O)(=O)c1ccc(Cl)nc1C)OC(c1ccc(OCc2ccc(Cl)c(Cl)c2)cc1)CO3. The molecule has 0 fully saturated rings. The number of nitrogens with one attached hydrogen (secondary N) is 1. The van der Waals surface area contributed by atoms with Crippen molar-refractivity contribution >= 4 is 56.7 Å². The number of aryl methyl sites for hydroxylation is 1. The molecule has 1 unspecified atom stereocenters. The summed E-state index contributed by atoms with van der Waals surface area (Å²) in [5, 5.41) is 13.0. The number of fused-ring (bicyclic) bond motifs is 2. The van der Waals surface area contributed by atoms with E-state index in [0.29, 0.717) is 50.6 Å². The summed E-state index contributed by atoms with van der Waals surface area (Å²) >= 11 is 18.3. The average molecular weight is 938 g/mol. The molecule has 5 aromatic carbocycles. The van der Waals surface area contributed by atoms with Crippen LogP contribution in [0.15, 0.2) is 120 Å². The van der Waals surface area contributed by atoms with Gasteiger partial charge in [0.2, 0.25) is 15.9 Å². The van der Waals surface area contributed by atoms with Crippen LogP contribution in [-0.2, 0) is 50.3 Å². The highest BCUT2D eigenvalue weighted by Gasteiger charge is 2.42. The third kappa shape index (κ3) is 9.67. The number of benzene rings is 5. The van der Waals surface area contributed by atoms with E-state index in [1.165, 1.54) is 26.2 Å². The summed E-state index contributed by atoms with van der Waals surface area (Å²) in [7, 11) is -3.17. The van der Waals surface area contributed by atoms with Crippen molar-refractivity contribution in [2.75, 3.05) is 13.7 Å². The van der Waals surface area contributed by atoms with Gasteiger partial charge in [0, 0.05) is 13.0 Å². The number of sulfonamides is 1. The van der Waals surface area contributed by atoms with Gasteiger partial charge >= 0.3 is 5.97 Å². The number of pyridine rings is 1. The Kier molecular flexibility index (Phi) is 13.1. The van der Waals surface area contributed by atoms with Crippen LogP contribution >= 0.6 is 34.8 Å². The zero-order chi connectivity index (χ0) is 45.1. The Labute approximate surface area is 385 Å². The van der Waals surface area contributed by atoms with Crippen LogP contribution in [0.25, 0.3) is 11.1 Å². The van der Waals surface area contributed by atoms with Gasteiger partial charge in [-0.3, -0.25) is 4.79 Å². The predicted molar refractivity (Wildman–Crippen MR) is 241 cm³/mol. The molecule has 0 radical (unpaired) electrons. The number of carbonyl (C=O) groups is 2. The Hall–Kier alpha value is -6.14. The van der Waals surface area contributed by atoms with Crippen LogP contribution in [0.5, 0.6) is 17.2 Å². The molecule has 16 heteroatoms. The molecule has 0 spiro atoms. The largest absolute Gasteiger partial charge is 0.489 e. The zero-order valence-corrected chi connectivity index (χ0v) is 37.5. The molecule has 2 aliphatic rings. The highest BCUT2D eigenvalue weighted by molar-refractivity contribution is 7.89. The molecule has 1 N–H and O–H groups in total. The molecule has 0 aliphatic carbocycles. The van der Waals surface area contributed by atoms with Gasteiger partial charge in [-0.1, -0.05) is 89.4 Å². The van der Waals surface area contributed by atoms with Gasteiger partial charge in [-0.05, 0) is 113 Å². The first-order chi connectivity index (χ1) is 30.8. The predicted octanol–water partition coefficient (Wildman–Crippen LogP) is 9.00. The molecule has 326 valence electrons. The second-order valence-electron chi connectivity index (χ2n) is 15.3. The minimum absolute atomic E-state index is 0.0442. The van der Waals surface area contributed by atoms with Crippen LogP contribution in [0.4, 0.5) is 0 Å². The molecule has 3 atom stereocenters. The molecule has 3 heterocycles. The molecule has 1 aromatic heterocycles. The summed E-state index contributed by atoms with van der Waals surface area (Å²) in [4.78, 5) is 31.7. The number of aromatic nitrogens is 1. The van der Waals surface area contributed by atoms with Crippen molar-refractivity contribution in [2.45, 2.75) is 56.0 Å². The van der Waals surface area contributed by atoms with Gasteiger partial charge in [-0.25, -0.2) is 18.2 Å². The summed E-state index contributed by atoms with van der Waals surface area (Å²) in [5.41, 5.74) is 6.20. The smallest absolute Gasteiger partial charge is 0.328 e. The normalized spacial score (nSPS) is 16.2. The van der Waals surface area contributed by atoms with E-state index in [1.54, 1.807) is 36.4 Å². The van der Waals surface area contributed by atoms with E-state index >= 15 is 0 Å². The number of amides is 1. The highest BCUT2D eigenvalue weighted by Crippen LogP contribution is 2.42. The highest BCUT2D eigenvalue weighted by atomic mass is 35.5. The lowest BCUT2D eigenvalue weighted by Crippen LogP contribution is -2.56. The molecular formula is C48H39Cl3N4O8S. The van der Waals surface area contributed by atoms with Crippen molar-refractivity contribution < 1.29 is 37.0 Å². The molecule has 64 heavy (non-hydrogen) atoms. The number of carbonyl (C=O) groups excluding carboxylic acids is 2. The Bertz CT molecular complexity index is 2890. The number of ether oxygens (including phenoxy) is 4. The third-order valence-electron chi connectivity index (χ3n) is 11.1. The molecule has 0 bridgehead atoms. The lowest BCUT2D eigenvalue weighted by Gasteiger charge is -2.37. The number of halogens is 3. The van der Waals surface area contributed by atoms with Crippen LogP contribution in [0, 0.1) is 18.3 Å². The number of esters is 1. The Balaban J connectivity index is 1.02. The molecule has 2 aliphatic heterocycles. The first-order valence-electron chi connectivity index (χ1n) is 20.0. The van der Waals surface area contributed by atoms with Gasteiger partial charge < -0.3 is 24.3 Å². The molecule has 8 rings (SSSR count). The van der Waals surface area contributed by atoms with Gasteiger partial charge in [0.1, 0.15) is 41.1 Å². The first kappa shape index (κ1) is 44.5. The van der Waals surface area contributed by atoms with Crippen molar-refractivity contribution in [1.82, 2.24) is 14.6 Å². The number of rotatable bonds is 12. The van der Waals surface area contributed by atoms with E-state index in [-0.39, 0.29) is 41.7 Å². The minimum Gasteiger partial charge on any atom is -0.489 e. The minimum atomic E-state index is -4.39. The molecule has 0 saturated carbocycles. The summed E-state index contributed by atoms with van der Waals surface area (Å²) < 4.78 is 54.0. The topological polar surface area (TPSA) is 157 Å². The molecule has 1 amide bonds. The maximum absolute atomic E-state index is 14.6. The van der Waals surface area contributed by atoms with Gasteiger partial charge in [-0.15, -0.1) is 0 Å². The fourth-order valence-corrected chi connectivity index (χ4v) is 9.90. The number of nitriles is 1. The van der Waals surface area contributed by atoms with Crippen molar-refractivity contribution in [3.05, 3.63) is 170 Å². The van der Waals surface area contributed by atoms with Crippen molar-refractivity contribution in [3.63, 3.8) is 0 Å². The Morgan fingerprint density at radius 1 is 0.875 bits per heavy atom. The van der Waals surface area contributed by atoms with Gasteiger partial charge in [-0.2, -0.15) is 9.57 Å². The number of nitrogens with zero attached hydrogens (tertiary/aromatic N) is 3. The fraction of sp³-hybridized carbons (Fsp3) is 0.208. The van der Waals surface area contributed by atoms with E-state index in [1.807, 2.05) is 66.7 Å². The standard InChI is InChI=1S/C48H39Cl3N4O8S/c1-28-45(17-18-46(51)53-28)64(58,59)55-25-36-23-43-42(62-27-44(63-43)34-12-14-37(15-13-34)61-26-31-7-16-38(49)39(50)19-31)22-35(36)21-41(55)47(56)54-40(48(57)60-2)20-29-3-8-32(9-4-29)33-10-5-30(24-52)6-11-33/h3-19,22-23,40-41,44H,20-21,25-27H2,1-2H3,(H,54,56)/t40-,41-,44?/m0/s1. The lowest BCUT2D eigenvalue weighted by molar-refractivity contribution is -0.145. The van der Waals surface area contributed by atoms with E-state index in [0.717, 1.165) is 32.1 Å². The lowest BCUT2D eigenvalue weighted by atomic mass is 9.93. The van der Waals surface area contributed by atoms with Gasteiger partial charge in [0.15, 0.2) is 17.6 Å². The van der Waals surface area contributed by atoms with E-state index in [2.05, 4.69) is 16.4 Å². The van der Waals surface area contributed by atoms with Crippen LogP contribution in [0.2, 0.25) is 15.2 Å². The quantitative estimate of drug-likeness (QED) is 0.0928. The summed E-state index contributed by atoms with van der Waals surface area (Å²) in [5.74, 6) is 0.0992. The van der Waals surface area contributed by atoms with Gasteiger partial charge in [0.05, 0.1) is 34.5 Å². The van der Waals surface area contributed by atoms with Gasteiger partial charge in [0.25, 0.3) is 0 Å². The Morgan fingerprint density at radius 2 is 1.56 bits per heavy atom. The second-order valence-corrected chi connectivity index (χ2v) is 18.3. The number of hydrogen-bond donors (Lipinski definition) is 1. The zero-order valence-electron chi connectivity index (χ0n) is 34.4. The maximum Gasteiger partial charge on any atom is 0.328 e. The fourth-order valence-electron chi connectivity index (χ4n) is 7.67. The molecule has 6 aromatic rings. The summed E-state index contributed by atoms with van der Waals surface area (Å²) in [6.07, 6.45) is -0.463. The van der Waals surface area contributed by atoms with Crippen LogP contribution in [0.1, 0.15) is 45.2 Å². The van der Waals surface area contributed by atoms with Crippen molar-refractivity contribution in [3.8, 4) is 34.4 Å². The van der Waals surface area contributed by atoms with Crippen LogP contribution < -0.4 is 19.5 Å². The summed E-state index contributed by atoms with van der Waals surface area (Å²) in [6.45, 7) is 1.81. The molecular weight excluding hydrogens is 899 g/mol. The second kappa shape index (κ2) is 18.9. The Morgan fingerprint density at radius 3 is 2.23 bits per heavy atom. The van der Waals surface area contributed by atoms with E-state index in [9.17, 15) is 18.0 Å². The average Bonchev–Trinajstić information content (AvgIpc) is 3.30. The number of hydrogen-bond acceptors (Lipinski definition) is 10. The van der Waals surface area contributed by atoms with Crippen molar-refractivity contribution in [1.29, 1.82) is 5.26 Å². The maximum atomic E-state index is 14.6. The summed E-state index contributed by atoms with van der Waals surface area (Å²) in [6, 6.07) is 33.3. The van der Waals surface area contributed by atoms with Crippen LogP contribution in [-0.4, -0.2) is 55.4 Å². The third-order valence-corrected chi connectivity index (χ3v) is 14.0. The number of methoxy groups -OCH3 is 1. The monoisotopic (exact) mass is 936 g/mol. The van der Waals surface area contributed by atoms with Crippen molar-refractivity contribution in [2.24, 2.45) is 0 Å².